The van der Waals surface area contributed by atoms with Gasteiger partial charge in [0.1, 0.15) is 11.3 Å². The van der Waals surface area contributed by atoms with Crippen LogP contribution in [0.1, 0.15) is 23.7 Å². The highest BCUT2D eigenvalue weighted by atomic mass is 19.4. The second-order valence-corrected chi connectivity index (χ2v) is 4.51. The summed E-state index contributed by atoms with van der Waals surface area (Å²) < 4.78 is 48.6. The number of carbonyl (C=O) groups is 1. The molecule has 0 aliphatic carbocycles. The van der Waals surface area contributed by atoms with Gasteiger partial charge in [-0.25, -0.2) is 4.79 Å². The average Bonchev–Trinajstić information content (AvgIpc) is 2.45. The van der Waals surface area contributed by atoms with Crippen LogP contribution in [0.15, 0.2) is 35.6 Å². The molecule has 2 rings (SSSR count). The number of benzene rings is 1. The second-order valence-electron chi connectivity index (χ2n) is 4.51. The molecule has 1 N–H and O–H groups in total. The third-order valence-corrected chi connectivity index (χ3v) is 3.20. The van der Waals surface area contributed by atoms with Crippen LogP contribution < -0.4 is 0 Å². The molecule has 0 saturated heterocycles. The van der Waals surface area contributed by atoms with E-state index in [1.807, 2.05) is 0 Å². The van der Waals surface area contributed by atoms with E-state index in [4.69, 9.17) is 4.74 Å². The Morgan fingerprint density at radius 2 is 2.05 bits per heavy atom. The SMILES string of the molecule is COC(=O)C1=C(O)CC(c2ccccc2C(F)(F)F)OC1. The van der Waals surface area contributed by atoms with Crippen molar-refractivity contribution in [3.8, 4) is 0 Å². The third-order valence-electron chi connectivity index (χ3n) is 3.20. The normalized spacial score (nSPS) is 19.5. The number of aliphatic hydroxyl groups excluding tert-OH is 1. The largest absolute Gasteiger partial charge is 0.512 e. The molecular formula is C14H13F3O4. The Kier molecular flexibility index (Phi) is 4.22. The molecule has 0 radical (unpaired) electrons. The number of methoxy groups -OCH3 is 1. The Morgan fingerprint density at radius 1 is 1.38 bits per heavy atom. The summed E-state index contributed by atoms with van der Waals surface area (Å²) in [5.41, 5.74) is -0.956. The zero-order valence-corrected chi connectivity index (χ0v) is 11.1. The van der Waals surface area contributed by atoms with Gasteiger partial charge < -0.3 is 14.6 Å². The van der Waals surface area contributed by atoms with Crippen LogP contribution in [0.3, 0.4) is 0 Å². The van der Waals surface area contributed by atoms with Gasteiger partial charge in [0.15, 0.2) is 0 Å². The van der Waals surface area contributed by atoms with Crippen LogP contribution in [-0.4, -0.2) is 24.8 Å². The summed E-state index contributed by atoms with van der Waals surface area (Å²) in [5, 5.41) is 9.81. The Balaban J connectivity index is 2.31. The number of esters is 1. The molecule has 0 bridgehead atoms. The standard InChI is InChI=1S/C14H13F3O4/c1-20-13(19)9-7-21-12(6-11(9)18)8-4-2-3-5-10(8)14(15,16)17/h2-5,12,18H,6-7H2,1H3. The van der Waals surface area contributed by atoms with E-state index in [2.05, 4.69) is 4.74 Å². The van der Waals surface area contributed by atoms with E-state index >= 15 is 0 Å². The molecule has 1 heterocycles. The zero-order chi connectivity index (χ0) is 15.6. The van der Waals surface area contributed by atoms with Gasteiger partial charge >= 0.3 is 12.1 Å². The summed E-state index contributed by atoms with van der Waals surface area (Å²) in [5.74, 6) is -1.06. The fourth-order valence-corrected chi connectivity index (χ4v) is 2.16. The van der Waals surface area contributed by atoms with Crippen molar-refractivity contribution in [2.24, 2.45) is 0 Å². The average molecular weight is 302 g/mol. The Labute approximate surface area is 118 Å². The number of ether oxygens (including phenoxy) is 2. The fourth-order valence-electron chi connectivity index (χ4n) is 2.16. The quantitative estimate of drug-likeness (QED) is 0.853. The smallest absolute Gasteiger partial charge is 0.416 e. The van der Waals surface area contributed by atoms with Crippen molar-refractivity contribution in [1.82, 2.24) is 0 Å². The lowest BCUT2D eigenvalue weighted by molar-refractivity contribution is -0.141. The number of rotatable bonds is 2. The number of carbonyl (C=O) groups excluding carboxylic acids is 1. The Bertz CT molecular complexity index is 578. The maximum Gasteiger partial charge on any atom is 0.416 e. The molecule has 114 valence electrons. The molecular weight excluding hydrogens is 289 g/mol. The highest BCUT2D eigenvalue weighted by Gasteiger charge is 2.37. The first-order chi connectivity index (χ1) is 9.84. The minimum Gasteiger partial charge on any atom is -0.512 e. The Morgan fingerprint density at radius 3 is 2.62 bits per heavy atom. The van der Waals surface area contributed by atoms with E-state index in [1.165, 1.54) is 18.2 Å². The van der Waals surface area contributed by atoms with Crippen LogP contribution >= 0.6 is 0 Å². The molecule has 21 heavy (non-hydrogen) atoms. The van der Waals surface area contributed by atoms with E-state index in [-0.39, 0.29) is 29.9 Å². The highest BCUT2D eigenvalue weighted by Crippen LogP contribution is 2.39. The summed E-state index contributed by atoms with van der Waals surface area (Å²) in [6, 6.07) is 4.99. The fraction of sp³-hybridized carbons (Fsp3) is 0.357. The summed E-state index contributed by atoms with van der Waals surface area (Å²) in [7, 11) is 1.15. The molecule has 1 atom stereocenters. The molecule has 0 spiro atoms. The number of hydrogen-bond acceptors (Lipinski definition) is 4. The first-order valence-corrected chi connectivity index (χ1v) is 6.11. The second kappa shape index (κ2) is 5.77. The van der Waals surface area contributed by atoms with Gasteiger partial charge in [0.05, 0.1) is 25.4 Å². The lowest BCUT2D eigenvalue weighted by Gasteiger charge is -2.26. The summed E-state index contributed by atoms with van der Waals surface area (Å²) in [4.78, 5) is 11.3. The van der Waals surface area contributed by atoms with Crippen molar-refractivity contribution < 1.29 is 32.5 Å². The maximum absolute atomic E-state index is 13.0. The van der Waals surface area contributed by atoms with Gasteiger partial charge in [0.2, 0.25) is 0 Å². The minimum absolute atomic E-state index is 0.0690. The van der Waals surface area contributed by atoms with Gasteiger partial charge in [0, 0.05) is 6.42 Å². The van der Waals surface area contributed by atoms with Gasteiger partial charge in [-0.15, -0.1) is 0 Å². The first-order valence-electron chi connectivity index (χ1n) is 6.11. The summed E-state index contributed by atoms with van der Waals surface area (Å²) >= 11 is 0. The number of hydrogen-bond donors (Lipinski definition) is 1. The van der Waals surface area contributed by atoms with Crippen molar-refractivity contribution in [1.29, 1.82) is 0 Å². The number of aliphatic hydroxyl groups is 1. The van der Waals surface area contributed by atoms with Crippen molar-refractivity contribution in [2.75, 3.05) is 13.7 Å². The predicted octanol–water partition coefficient (Wildman–Crippen LogP) is 3.15. The third kappa shape index (κ3) is 3.18. The molecule has 4 nitrogen and oxygen atoms in total. The monoisotopic (exact) mass is 302 g/mol. The molecule has 0 aromatic heterocycles. The molecule has 0 fully saturated rings. The van der Waals surface area contributed by atoms with Crippen LogP contribution in [0.4, 0.5) is 13.2 Å². The van der Waals surface area contributed by atoms with Crippen molar-refractivity contribution in [3.63, 3.8) is 0 Å². The molecule has 0 amide bonds. The molecule has 1 aliphatic rings. The van der Waals surface area contributed by atoms with Crippen LogP contribution in [0.25, 0.3) is 0 Å². The van der Waals surface area contributed by atoms with Crippen LogP contribution in [0, 0.1) is 0 Å². The lowest BCUT2D eigenvalue weighted by Crippen LogP contribution is -2.23. The summed E-state index contributed by atoms with van der Waals surface area (Å²) in [6.07, 6.45) is -5.68. The van der Waals surface area contributed by atoms with Crippen molar-refractivity contribution in [3.05, 3.63) is 46.7 Å². The van der Waals surface area contributed by atoms with Gasteiger partial charge in [0.25, 0.3) is 0 Å². The van der Waals surface area contributed by atoms with E-state index in [0.29, 0.717) is 0 Å². The first kappa shape index (κ1) is 15.4. The van der Waals surface area contributed by atoms with Gasteiger partial charge in [-0.05, 0) is 11.6 Å². The van der Waals surface area contributed by atoms with Crippen molar-refractivity contribution in [2.45, 2.75) is 18.7 Å². The van der Waals surface area contributed by atoms with E-state index < -0.39 is 23.8 Å². The minimum atomic E-state index is -4.51. The van der Waals surface area contributed by atoms with Crippen LogP contribution in [0.5, 0.6) is 0 Å². The maximum atomic E-state index is 13.0. The topological polar surface area (TPSA) is 55.8 Å². The van der Waals surface area contributed by atoms with Gasteiger partial charge in [-0.3, -0.25) is 0 Å². The molecule has 1 aliphatic heterocycles. The van der Waals surface area contributed by atoms with E-state index in [0.717, 1.165) is 13.2 Å². The van der Waals surface area contributed by atoms with Gasteiger partial charge in [-0.2, -0.15) is 13.2 Å². The molecule has 1 aromatic carbocycles. The number of alkyl halides is 3. The van der Waals surface area contributed by atoms with Crippen LogP contribution in [0.2, 0.25) is 0 Å². The lowest BCUT2D eigenvalue weighted by atomic mass is 9.96. The van der Waals surface area contributed by atoms with E-state index in [1.54, 1.807) is 0 Å². The van der Waals surface area contributed by atoms with E-state index in [9.17, 15) is 23.1 Å². The molecule has 1 aromatic rings. The predicted molar refractivity (Wildman–Crippen MR) is 66.4 cm³/mol. The van der Waals surface area contributed by atoms with Crippen molar-refractivity contribution >= 4 is 5.97 Å². The van der Waals surface area contributed by atoms with Gasteiger partial charge in [-0.1, -0.05) is 18.2 Å². The van der Waals surface area contributed by atoms with Crippen LogP contribution in [-0.2, 0) is 20.4 Å². The Hall–Kier alpha value is -2.02. The molecule has 1 unspecified atom stereocenters. The molecule has 7 heteroatoms. The number of halogens is 3. The molecule has 0 saturated carbocycles. The highest BCUT2D eigenvalue weighted by molar-refractivity contribution is 5.89. The zero-order valence-electron chi connectivity index (χ0n) is 11.1. The summed E-state index contributed by atoms with van der Waals surface area (Å²) in [6.45, 7) is -0.296.